The van der Waals surface area contributed by atoms with Crippen molar-refractivity contribution in [3.8, 4) is 18.2 Å². The number of thiophene rings is 1. The van der Waals surface area contributed by atoms with Crippen LogP contribution in [0.3, 0.4) is 0 Å². The predicted molar refractivity (Wildman–Crippen MR) is 134 cm³/mol. The molecule has 2 rings (SSSR count). The Balaban J connectivity index is 2.54. The van der Waals surface area contributed by atoms with Gasteiger partial charge in [-0.2, -0.15) is 15.8 Å². The zero-order valence-corrected chi connectivity index (χ0v) is 21.2. The van der Waals surface area contributed by atoms with Gasteiger partial charge in [-0.15, -0.1) is 21.6 Å². The van der Waals surface area contributed by atoms with Crippen LogP contribution in [0.15, 0.2) is 22.2 Å². The van der Waals surface area contributed by atoms with Crippen molar-refractivity contribution in [1.29, 1.82) is 15.8 Å². The van der Waals surface area contributed by atoms with Gasteiger partial charge < -0.3 is 15.4 Å². The lowest BCUT2D eigenvalue weighted by Crippen LogP contribution is -2.16. The Morgan fingerprint density at radius 3 is 2.34 bits per heavy atom. The lowest BCUT2D eigenvalue weighted by molar-refractivity contribution is 0.198. The highest BCUT2D eigenvalue weighted by Crippen LogP contribution is 2.38. The molecule has 0 saturated carbocycles. The Morgan fingerprint density at radius 2 is 1.74 bits per heavy atom. The third kappa shape index (κ3) is 6.84. The van der Waals surface area contributed by atoms with Gasteiger partial charge in [-0.05, 0) is 25.8 Å². The molecule has 0 radical (unpaired) electrons. The van der Waals surface area contributed by atoms with Crippen molar-refractivity contribution >= 4 is 43.5 Å². The first-order valence-electron chi connectivity index (χ1n) is 10.3. The Kier molecular flexibility index (Phi) is 9.86. The minimum atomic E-state index is -3.45. The van der Waals surface area contributed by atoms with Gasteiger partial charge in [0.2, 0.25) is 0 Å². The molecule has 0 unspecified atom stereocenters. The average Bonchev–Trinajstić information content (AvgIpc) is 3.15. The highest BCUT2D eigenvalue weighted by atomic mass is 32.2. The summed E-state index contributed by atoms with van der Waals surface area (Å²) in [5.74, 6) is 0.301. The molecule has 2 aromatic heterocycles. The summed E-state index contributed by atoms with van der Waals surface area (Å²) in [6.07, 6.45) is 0.680. The van der Waals surface area contributed by atoms with E-state index >= 15 is 0 Å². The van der Waals surface area contributed by atoms with E-state index in [2.05, 4.69) is 38.5 Å². The van der Waals surface area contributed by atoms with Crippen molar-refractivity contribution in [2.24, 2.45) is 10.2 Å². The van der Waals surface area contributed by atoms with Crippen LogP contribution in [0.5, 0.6) is 0 Å². The fourth-order valence-corrected chi connectivity index (χ4v) is 4.36. The number of methoxy groups -OCH3 is 1. The van der Waals surface area contributed by atoms with Crippen LogP contribution in [0.1, 0.15) is 33.6 Å². The normalized spacial score (nSPS) is 11.0. The summed E-state index contributed by atoms with van der Waals surface area (Å²) >= 11 is 1.03. The van der Waals surface area contributed by atoms with Gasteiger partial charge in [0.15, 0.2) is 20.7 Å². The first-order chi connectivity index (χ1) is 16.7. The fraction of sp³-hybridized carbons (Fsp3) is 0.364. The molecule has 2 N–H and O–H groups in total. The summed E-state index contributed by atoms with van der Waals surface area (Å²) in [7, 11) is -1.86. The molecule has 0 aromatic carbocycles. The van der Waals surface area contributed by atoms with Crippen molar-refractivity contribution in [1.82, 2.24) is 4.98 Å². The second-order valence-corrected chi connectivity index (χ2v) is 10.2. The van der Waals surface area contributed by atoms with Gasteiger partial charge in [-0.25, -0.2) is 13.4 Å². The number of hydrogen-bond donors (Lipinski definition) is 2. The maximum atomic E-state index is 11.8. The standard InChI is InChI=1S/C22H24N8O3S2/c1-5-35(31,32)10-8-27-21-19(29-30-22-17(12-24)14(2)18(13-25)34-22)15(3)16(11-23)20(28-21)26-7-6-9-33-4/h5H,1,6-10H2,2-4H3,(H2,26,27,28)/b30-29+. The zero-order chi connectivity index (χ0) is 26.0. The summed E-state index contributed by atoms with van der Waals surface area (Å²) < 4.78 is 28.7. The molecule has 0 fully saturated rings. The van der Waals surface area contributed by atoms with Crippen molar-refractivity contribution < 1.29 is 13.2 Å². The molecule has 0 saturated heterocycles. The highest BCUT2D eigenvalue weighted by Gasteiger charge is 2.19. The molecule has 0 aliphatic carbocycles. The Morgan fingerprint density at radius 1 is 1.06 bits per heavy atom. The highest BCUT2D eigenvalue weighted by molar-refractivity contribution is 7.94. The van der Waals surface area contributed by atoms with E-state index in [1.165, 1.54) is 0 Å². The number of nitrogens with zero attached hydrogens (tertiary/aromatic N) is 6. The largest absolute Gasteiger partial charge is 0.385 e. The molecular formula is C22H24N8O3S2. The molecular weight excluding hydrogens is 488 g/mol. The first kappa shape index (κ1) is 27.4. The maximum Gasteiger partial charge on any atom is 0.172 e. The molecule has 0 spiro atoms. The number of pyridine rings is 1. The van der Waals surface area contributed by atoms with Crippen LogP contribution in [0.4, 0.5) is 22.3 Å². The Labute approximate surface area is 208 Å². The molecule has 13 heteroatoms. The van der Waals surface area contributed by atoms with Gasteiger partial charge >= 0.3 is 0 Å². The van der Waals surface area contributed by atoms with Crippen molar-refractivity contribution in [2.75, 3.05) is 43.2 Å². The minimum absolute atomic E-state index is 0.0124. The van der Waals surface area contributed by atoms with Gasteiger partial charge in [0, 0.05) is 37.8 Å². The Bertz CT molecular complexity index is 1360. The van der Waals surface area contributed by atoms with Gasteiger partial charge in [0.25, 0.3) is 0 Å². The van der Waals surface area contributed by atoms with E-state index < -0.39 is 9.84 Å². The third-order valence-electron chi connectivity index (χ3n) is 4.86. The van der Waals surface area contributed by atoms with Crippen LogP contribution in [-0.2, 0) is 14.6 Å². The number of ether oxygens (including phenoxy) is 1. The molecule has 0 aliphatic rings. The van der Waals surface area contributed by atoms with Crippen LogP contribution < -0.4 is 10.6 Å². The van der Waals surface area contributed by atoms with E-state index in [1.807, 2.05) is 12.1 Å². The van der Waals surface area contributed by atoms with Crippen LogP contribution >= 0.6 is 11.3 Å². The average molecular weight is 513 g/mol. The van der Waals surface area contributed by atoms with Crippen LogP contribution in [0.2, 0.25) is 0 Å². The van der Waals surface area contributed by atoms with Gasteiger partial charge in [-0.3, -0.25) is 0 Å². The lowest BCUT2D eigenvalue weighted by Gasteiger charge is -2.15. The molecule has 0 amide bonds. The fourth-order valence-electron chi connectivity index (χ4n) is 2.93. The zero-order valence-electron chi connectivity index (χ0n) is 19.5. The molecule has 182 valence electrons. The summed E-state index contributed by atoms with van der Waals surface area (Å²) in [5.41, 5.74) is 1.69. The van der Waals surface area contributed by atoms with Crippen LogP contribution in [-0.4, -0.2) is 46.0 Å². The van der Waals surface area contributed by atoms with Crippen molar-refractivity contribution in [3.05, 3.63) is 39.1 Å². The molecule has 11 nitrogen and oxygen atoms in total. The van der Waals surface area contributed by atoms with E-state index in [1.54, 1.807) is 21.0 Å². The minimum Gasteiger partial charge on any atom is -0.385 e. The number of aromatic nitrogens is 1. The molecule has 0 aliphatic heterocycles. The molecule has 0 bridgehead atoms. The topological polar surface area (TPSA) is 176 Å². The molecule has 2 heterocycles. The Hall–Kier alpha value is -3.83. The second kappa shape index (κ2) is 12.6. The SMILES string of the molecule is C=CS(=O)(=O)CCNc1nc(NCCCOC)c(C#N)c(C)c1/N=N/c1sc(C#N)c(C)c1C#N. The van der Waals surface area contributed by atoms with E-state index in [0.717, 1.165) is 16.7 Å². The maximum absolute atomic E-state index is 11.8. The van der Waals surface area contributed by atoms with Crippen molar-refractivity contribution in [2.45, 2.75) is 20.3 Å². The van der Waals surface area contributed by atoms with E-state index in [9.17, 15) is 24.2 Å². The predicted octanol–water partition coefficient (Wildman–Crippen LogP) is 4.21. The third-order valence-corrected chi connectivity index (χ3v) is 7.22. The lowest BCUT2D eigenvalue weighted by atomic mass is 10.1. The number of nitrogens with one attached hydrogen (secondary N) is 2. The van der Waals surface area contributed by atoms with Crippen LogP contribution in [0.25, 0.3) is 0 Å². The summed E-state index contributed by atoms with van der Waals surface area (Å²) in [6.45, 7) is 7.67. The van der Waals surface area contributed by atoms with Crippen LogP contribution in [0, 0.1) is 47.8 Å². The summed E-state index contributed by atoms with van der Waals surface area (Å²) in [4.78, 5) is 4.82. The smallest absolute Gasteiger partial charge is 0.172 e. The van der Waals surface area contributed by atoms with Gasteiger partial charge in [0.1, 0.15) is 34.6 Å². The number of azo groups is 1. The van der Waals surface area contributed by atoms with E-state index in [4.69, 9.17) is 4.74 Å². The second-order valence-electron chi connectivity index (χ2n) is 7.16. The summed E-state index contributed by atoms with van der Waals surface area (Å²) in [5, 5.41) is 44.1. The number of rotatable bonds is 12. The number of hydrogen-bond acceptors (Lipinski definition) is 12. The monoisotopic (exact) mass is 512 g/mol. The first-order valence-corrected chi connectivity index (χ1v) is 12.9. The van der Waals surface area contributed by atoms with Gasteiger partial charge in [0.05, 0.1) is 16.9 Å². The molecule has 35 heavy (non-hydrogen) atoms. The van der Waals surface area contributed by atoms with E-state index in [0.29, 0.717) is 41.4 Å². The van der Waals surface area contributed by atoms with E-state index in [-0.39, 0.29) is 39.9 Å². The molecule has 0 atom stereocenters. The quantitative estimate of drug-likeness (QED) is 0.311. The number of nitriles is 3. The molecule has 2 aromatic rings. The van der Waals surface area contributed by atoms with Gasteiger partial charge in [-0.1, -0.05) is 6.58 Å². The number of anilines is 2. The van der Waals surface area contributed by atoms with Crippen molar-refractivity contribution in [3.63, 3.8) is 0 Å². The summed E-state index contributed by atoms with van der Waals surface area (Å²) in [6, 6.07) is 6.18. The number of sulfone groups is 1.